The average Bonchev–Trinajstić information content (AvgIpc) is 2.92. The molecule has 4 nitrogen and oxygen atoms in total. The predicted molar refractivity (Wildman–Crippen MR) is 89.5 cm³/mol. The van der Waals surface area contributed by atoms with E-state index in [9.17, 15) is 0 Å². The summed E-state index contributed by atoms with van der Waals surface area (Å²) in [5.74, 6) is 1.49. The molecule has 0 aromatic carbocycles. The van der Waals surface area contributed by atoms with Crippen molar-refractivity contribution in [2.24, 2.45) is 0 Å². The Morgan fingerprint density at radius 2 is 2.15 bits per heavy atom. The highest BCUT2D eigenvalue weighted by molar-refractivity contribution is 9.10. The molecule has 0 spiro atoms. The van der Waals surface area contributed by atoms with Gasteiger partial charge in [0.1, 0.15) is 5.82 Å². The molecule has 0 fully saturated rings. The van der Waals surface area contributed by atoms with Crippen LogP contribution in [0.2, 0.25) is 0 Å². The lowest BCUT2D eigenvalue weighted by Gasteiger charge is -2.10. The summed E-state index contributed by atoms with van der Waals surface area (Å²) in [5, 5.41) is 8.71. The van der Waals surface area contributed by atoms with Crippen LogP contribution in [-0.4, -0.2) is 16.5 Å². The fourth-order valence-electron chi connectivity index (χ4n) is 1.81. The van der Waals surface area contributed by atoms with Crippen LogP contribution in [0.5, 0.6) is 0 Å². The largest absolute Gasteiger partial charge is 0.364 e. The van der Waals surface area contributed by atoms with Gasteiger partial charge in [-0.3, -0.25) is 0 Å². The lowest BCUT2D eigenvalue weighted by atomic mass is 10.2. The van der Waals surface area contributed by atoms with Crippen molar-refractivity contribution in [3.8, 4) is 0 Å². The standard InChI is InChI=1S/C14H19BrN4S/c1-3-6-16-14-18-8-11(15)13(19-14)17-9-12-10(4-2)5-7-20-12/h5,7-8H,3-4,6,9H2,1-2H3,(H2,16,17,18,19). The zero-order chi connectivity index (χ0) is 14.4. The molecule has 6 heteroatoms. The van der Waals surface area contributed by atoms with Gasteiger partial charge in [0, 0.05) is 17.6 Å². The van der Waals surface area contributed by atoms with Gasteiger partial charge in [0.05, 0.1) is 11.0 Å². The molecular weight excluding hydrogens is 336 g/mol. The summed E-state index contributed by atoms with van der Waals surface area (Å²) in [6.07, 6.45) is 3.90. The smallest absolute Gasteiger partial charge is 0.224 e. The van der Waals surface area contributed by atoms with Crippen LogP contribution in [-0.2, 0) is 13.0 Å². The van der Waals surface area contributed by atoms with Crippen LogP contribution in [0.1, 0.15) is 30.7 Å². The SMILES string of the molecule is CCCNc1ncc(Br)c(NCc2sccc2CC)n1. The average molecular weight is 355 g/mol. The number of hydrogen-bond donors (Lipinski definition) is 2. The van der Waals surface area contributed by atoms with E-state index >= 15 is 0 Å². The number of nitrogens with zero attached hydrogens (tertiary/aromatic N) is 2. The Hall–Kier alpha value is -1.14. The molecule has 0 amide bonds. The van der Waals surface area contributed by atoms with Gasteiger partial charge < -0.3 is 10.6 Å². The molecule has 108 valence electrons. The van der Waals surface area contributed by atoms with Gasteiger partial charge >= 0.3 is 0 Å². The lowest BCUT2D eigenvalue weighted by molar-refractivity contribution is 0.948. The van der Waals surface area contributed by atoms with Gasteiger partial charge in [0.15, 0.2) is 0 Å². The molecular formula is C14H19BrN4S. The normalized spacial score (nSPS) is 10.6. The molecule has 0 aliphatic carbocycles. The summed E-state index contributed by atoms with van der Waals surface area (Å²) in [6.45, 7) is 5.97. The summed E-state index contributed by atoms with van der Waals surface area (Å²) in [5.41, 5.74) is 1.40. The molecule has 2 aromatic rings. The van der Waals surface area contributed by atoms with E-state index in [-0.39, 0.29) is 0 Å². The first-order chi connectivity index (χ1) is 9.74. The van der Waals surface area contributed by atoms with Gasteiger partial charge in [-0.2, -0.15) is 4.98 Å². The van der Waals surface area contributed by atoms with Crippen LogP contribution in [0.4, 0.5) is 11.8 Å². The zero-order valence-corrected chi connectivity index (χ0v) is 14.1. The molecule has 2 aromatic heterocycles. The second kappa shape index (κ2) is 7.59. The maximum absolute atomic E-state index is 4.49. The zero-order valence-electron chi connectivity index (χ0n) is 11.7. The summed E-state index contributed by atoms with van der Waals surface area (Å²) < 4.78 is 0.883. The Bertz CT molecular complexity index is 556. The third-order valence-electron chi connectivity index (χ3n) is 2.91. The van der Waals surface area contributed by atoms with E-state index in [1.54, 1.807) is 17.5 Å². The third-order valence-corrected chi connectivity index (χ3v) is 4.46. The first-order valence-corrected chi connectivity index (χ1v) is 8.47. The fraction of sp³-hybridized carbons (Fsp3) is 0.429. The Balaban J connectivity index is 2.04. The van der Waals surface area contributed by atoms with Crippen LogP contribution < -0.4 is 10.6 Å². The molecule has 0 radical (unpaired) electrons. The van der Waals surface area contributed by atoms with Gasteiger partial charge in [0.25, 0.3) is 0 Å². The predicted octanol–water partition coefficient (Wildman–Crippen LogP) is 4.30. The second-order valence-electron chi connectivity index (χ2n) is 4.39. The highest BCUT2D eigenvalue weighted by atomic mass is 79.9. The maximum atomic E-state index is 4.49. The molecule has 0 saturated carbocycles. The van der Waals surface area contributed by atoms with Crippen LogP contribution in [0.3, 0.4) is 0 Å². The van der Waals surface area contributed by atoms with Gasteiger partial charge in [-0.1, -0.05) is 13.8 Å². The highest BCUT2D eigenvalue weighted by Crippen LogP contribution is 2.23. The first-order valence-electron chi connectivity index (χ1n) is 6.80. The summed E-state index contributed by atoms with van der Waals surface area (Å²) in [6, 6.07) is 2.19. The van der Waals surface area contributed by atoms with Crippen molar-refractivity contribution in [1.82, 2.24) is 9.97 Å². The minimum Gasteiger partial charge on any atom is -0.364 e. The van der Waals surface area contributed by atoms with Crippen LogP contribution >= 0.6 is 27.3 Å². The summed E-state index contributed by atoms with van der Waals surface area (Å²) in [7, 11) is 0. The molecule has 0 unspecified atom stereocenters. The summed E-state index contributed by atoms with van der Waals surface area (Å²) in [4.78, 5) is 10.1. The fourth-order valence-corrected chi connectivity index (χ4v) is 3.06. The number of hydrogen-bond acceptors (Lipinski definition) is 5. The molecule has 20 heavy (non-hydrogen) atoms. The number of aryl methyl sites for hydroxylation is 1. The van der Waals surface area contributed by atoms with E-state index in [1.165, 1.54) is 10.4 Å². The Morgan fingerprint density at radius 1 is 1.30 bits per heavy atom. The topological polar surface area (TPSA) is 49.8 Å². The van der Waals surface area contributed by atoms with E-state index in [4.69, 9.17) is 0 Å². The Labute approximate surface area is 132 Å². The van der Waals surface area contributed by atoms with E-state index < -0.39 is 0 Å². The van der Waals surface area contributed by atoms with Crippen LogP contribution in [0.15, 0.2) is 22.1 Å². The van der Waals surface area contributed by atoms with Crippen LogP contribution in [0, 0.1) is 0 Å². The van der Waals surface area contributed by atoms with Crippen molar-refractivity contribution in [3.63, 3.8) is 0 Å². The molecule has 0 aliphatic heterocycles. The Morgan fingerprint density at radius 3 is 2.90 bits per heavy atom. The van der Waals surface area contributed by atoms with E-state index in [0.717, 1.165) is 36.2 Å². The molecule has 0 saturated heterocycles. The minimum absolute atomic E-state index is 0.666. The van der Waals surface area contributed by atoms with Crippen molar-refractivity contribution in [3.05, 3.63) is 32.6 Å². The van der Waals surface area contributed by atoms with Crippen molar-refractivity contribution >= 4 is 39.0 Å². The first kappa shape index (κ1) is 15.3. The quantitative estimate of drug-likeness (QED) is 0.778. The number of aromatic nitrogens is 2. The van der Waals surface area contributed by atoms with Crippen molar-refractivity contribution in [2.45, 2.75) is 33.2 Å². The number of halogens is 1. The minimum atomic E-state index is 0.666. The number of thiophene rings is 1. The van der Waals surface area contributed by atoms with Crippen molar-refractivity contribution in [1.29, 1.82) is 0 Å². The Kier molecular flexibility index (Phi) is 5.79. The molecule has 0 aliphatic rings. The third kappa shape index (κ3) is 3.93. The molecule has 0 bridgehead atoms. The van der Waals surface area contributed by atoms with E-state index in [2.05, 4.69) is 61.8 Å². The van der Waals surface area contributed by atoms with Gasteiger partial charge in [-0.15, -0.1) is 11.3 Å². The number of nitrogens with one attached hydrogen (secondary N) is 2. The van der Waals surface area contributed by atoms with E-state index in [0.29, 0.717) is 5.95 Å². The maximum Gasteiger partial charge on any atom is 0.224 e. The number of rotatable bonds is 7. The summed E-state index contributed by atoms with van der Waals surface area (Å²) >= 11 is 5.27. The van der Waals surface area contributed by atoms with Crippen molar-refractivity contribution in [2.75, 3.05) is 17.2 Å². The van der Waals surface area contributed by atoms with Gasteiger partial charge in [-0.25, -0.2) is 4.98 Å². The number of anilines is 2. The lowest BCUT2D eigenvalue weighted by Crippen LogP contribution is -2.08. The molecule has 0 atom stereocenters. The van der Waals surface area contributed by atoms with Crippen LogP contribution in [0.25, 0.3) is 0 Å². The highest BCUT2D eigenvalue weighted by Gasteiger charge is 2.07. The van der Waals surface area contributed by atoms with Gasteiger partial charge in [-0.05, 0) is 45.8 Å². The van der Waals surface area contributed by atoms with E-state index in [1.807, 2.05) is 0 Å². The molecule has 2 N–H and O–H groups in total. The second-order valence-corrected chi connectivity index (χ2v) is 6.25. The monoisotopic (exact) mass is 354 g/mol. The molecule has 2 rings (SSSR count). The van der Waals surface area contributed by atoms with Gasteiger partial charge in [0.2, 0.25) is 5.95 Å². The molecule has 2 heterocycles. The van der Waals surface area contributed by atoms with Crippen molar-refractivity contribution < 1.29 is 0 Å².